The van der Waals surface area contributed by atoms with Crippen molar-refractivity contribution < 1.29 is 26.4 Å². The van der Waals surface area contributed by atoms with Gasteiger partial charge in [-0.25, -0.2) is 13.4 Å². The molecular weight excluding hydrogens is 323 g/mol. The molecule has 1 amide bonds. The van der Waals surface area contributed by atoms with Crippen LogP contribution in [0.3, 0.4) is 0 Å². The molecule has 0 radical (unpaired) electrons. The van der Waals surface area contributed by atoms with E-state index in [1.807, 2.05) is 11.6 Å². The second kappa shape index (κ2) is 6.95. The Morgan fingerprint density at radius 3 is 2.50 bits per heavy atom. The van der Waals surface area contributed by atoms with Gasteiger partial charge in [0.2, 0.25) is 15.9 Å². The molecule has 2 N–H and O–H groups in total. The summed E-state index contributed by atoms with van der Waals surface area (Å²) in [5, 5.41) is 2.25. The fourth-order valence-corrected chi connectivity index (χ4v) is 2.04. The summed E-state index contributed by atoms with van der Waals surface area (Å²) in [6.45, 7) is 1.86. The molecule has 0 saturated carbocycles. The molecule has 0 aliphatic rings. The lowest BCUT2D eigenvalue weighted by atomic mass is 10.2. The molecule has 0 aliphatic carbocycles. The van der Waals surface area contributed by atoms with Crippen LogP contribution in [-0.4, -0.2) is 25.6 Å². The highest BCUT2D eigenvalue weighted by atomic mass is 32.2. The number of carbonyl (C=O) groups excluding carboxylic acids is 1. The van der Waals surface area contributed by atoms with Gasteiger partial charge >= 0.3 is 6.18 Å². The van der Waals surface area contributed by atoms with Crippen molar-refractivity contribution in [3.05, 3.63) is 17.8 Å². The van der Waals surface area contributed by atoms with Crippen LogP contribution in [0.1, 0.15) is 31.7 Å². The second-order valence-corrected chi connectivity index (χ2v) is 6.39. The number of nitrogens with zero attached hydrogens (tertiary/aromatic N) is 1. The minimum Gasteiger partial charge on any atom is -0.323 e. The fourth-order valence-electron chi connectivity index (χ4n) is 1.52. The number of hydrogen-bond donors (Lipinski definition) is 2. The van der Waals surface area contributed by atoms with E-state index in [-0.39, 0.29) is 17.9 Å². The Balaban J connectivity index is 3.14. The first-order valence-corrected chi connectivity index (χ1v) is 8.27. The minimum absolute atomic E-state index is 0.116. The largest absolute Gasteiger partial charge is 0.417 e. The molecule has 0 atom stereocenters. The summed E-state index contributed by atoms with van der Waals surface area (Å²) in [5.41, 5.74) is -1.42. The van der Waals surface area contributed by atoms with Crippen LogP contribution >= 0.6 is 0 Å². The van der Waals surface area contributed by atoms with Crippen LogP contribution in [-0.2, 0) is 21.0 Å². The monoisotopic (exact) mass is 339 g/mol. The molecule has 0 aliphatic heterocycles. The first-order chi connectivity index (χ1) is 10.0. The normalized spacial score (nSPS) is 12.0. The molecule has 0 spiro atoms. The second-order valence-electron chi connectivity index (χ2n) is 4.64. The summed E-state index contributed by atoms with van der Waals surface area (Å²) >= 11 is 0. The van der Waals surface area contributed by atoms with Crippen LogP contribution in [0.25, 0.3) is 0 Å². The molecule has 0 unspecified atom stereocenters. The van der Waals surface area contributed by atoms with Gasteiger partial charge in [0, 0.05) is 12.6 Å². The van der Waals surface area contributed by atoms with Crippen molar-refractivity contribution in [3.8, 4) is 0 Å². The van der Waals surface area contributed by atoms with Gasteiger partial charge in [-0.2, -0.15) is 13.2 Å². The van der Waals surface area contributed by atoms with E-state index in [4.69, 9.17) is 0 Å². The zero-order valence-electron chi connectivity index (χ0n) is 12.0. The van der Waals surface area contributed by atoms with Gasteiger partial charge < -0.3 is 5.32 Å². The highest BCUT2D eigenvalue weighted by Crippen LogP contribution is 2.32. The maximum Gasteiger partial charge on any atom is 0.417 e. The average Bonchev–Trinajstić information content (AvgIpc) is 2.35. The Morgan fingerprint density at radius 1 is 1.36 bits per heavy atom. The summed E-state index contributed by atoms with van der Waals surface area (Å²) < 4.78 is 62.4. The van der Waals surface area contributed by atoms with E-state index < -0.39 is 27.7 Å². The van der Waals surface area contributed by atoms with E-state index in [0.29, 0.717) is 18.7 Å². The van der Waals surface area contributed by atoms with Crippen molar-refractivity contribution in [2.75, 3.05) is 16.3 Å². The molecular formula is C12H16F3N3O3S. The number of carbonyl (C=O) groups is 1. The van der Waals surface area contributed by atoms with Crippen molar-refractivity contribution >= 4 is 27.4 Å². The molecule has 1 heterocycles. The lowest BCUT2D eigenvalue weighted by Gasteiger charge is -2.14. The van der Waals surface area contributed by atoms with Gasteiger partial charge in [-0.3, -0.25) is 9.52 Å². The van der Waals surface area contributed by atoms with E-state index in [1.54, 1.807) is 0 Å². The SMILES string of the molecule is CCCCC(=O)Nc1cc(C(F)(F)F)cnc1NS(C)(=O)=O. The van der Waals surface area contributed by atoms with E-state index in [2.05, 4.69) is 10.3 Å². The smallest absolute Gasteiger partial charge is 0.323 e. The first-order valence-electron chi connectivity index (χ1n) is 6.38. The molecule has 1 aromatic heterocycles. The van der Waals surface area contributed by atoms with Crippen LogP contribution in [0.2, 0.25) is 0 Å². The van der Waals surface area contributed by atoms with Crippen LogP contribution in [0.5, 0.6) is 0 Å². The molecule has 0 aromatic carbocycles. The molecule has 22 heavy (non-hydrogen) atoms. The molecule has 10 heteroatoms. The summed E-state index contributed by atoms with van der Waals surface area (Å²) in [7, 11) is -3.75. The summed E-state index contributed by atoms with van der Waals surface area (Å²) in [6, 6.07) is 0.643. The zero-order valence-corrected chi connectivity index (χ0v) is 12.8. The van der Waals surface area contributed by atoms with Crippen LogP contribution in [0, 0.1) is 0 Å². The topological polar surface area (TPSA) is 88.2 Å². The predicted molar refractivity (Wildman–Crippen MR) is 75.9 cm³/mol. The van der Waals surface area contributed by atoms with Gasteiger partial charge in [0.05, 0.1) is 17.5 Å². The van der Waals surface area contributed by atoms with Crippen molar-refractivity contribution in [3.63, 3.8) is 0 Å². The van der Waals surface area contributed by atoms with E-state index in [9.17, 15) is 26.4 Å². The number of pyridine rings is 1. The third-order valence-corrected chi connectivity index (χ3v) is 3.09. The van der Waals surface area contributed by atoms with Crippen molar-refractivity contribution in [1.82, 2.24) is 4.98 Å². The van der Waals surface area contributed by atoms with Gasteiger partial charge in [0.25, 0.3) is 0 Å². The first kappa shape index (κ1) is 18.2. The minimum atomic E-state index is -4.65. The Bertz CT molecular complexity index is 645. The van der Waals surface area contributed by atoms with Crippen molar-refractivity contribution in [2.45, 2.75) is 32.4 Å². The fraction of sp³-hybridized carbons (Fsp3) is 0.500. The number of hydrogen-bond acceptors (Lipinski definition) is 4. The van der Waals surface area contributed by atoms with Crippen LogP contribution < -0.4 is 10.0 Å². The number of amides is 1. The lowest BCUT2D eigenvalue weighted by molar-refractivity contribution is -0.137. The quantitative estimate of drug-likeness (QED) is 0.834. The van der Waals surface area contributed by atoms with E-state index in [0.717, 1.165) is 12.7 Å². The molecule has 1 rings (SSSR count). The van der Waals surface area contributed by atoms with Gasteiger partial charge in [0.1, 0.15) is 0 Å². The van der Waals surface area contributed by atoms with E-state index >= 15 is 0 Å². The molecule has 0 saturated heterocycles. The number of halogens is 3. The molecule has 1 aromatic rings. The highest BCUT2D eigenvalue weighted by molar-refractivity contribution is 7.92. The van der Waals surface area contributed by atoms with Crippen molar-refractivity contribution in [1.29, 1.82) is 0 Å². The van der Waals surface area contributed by atoms with Gasteiger partial charge in [-0.05, 0) is 12.5 Å². The van der Waals surface area contributed by atoms with Gasteiger partial charge in [-0.1, -0.05) is 13.3 Å². The number of alkyl halides is 3. The number of aromatic nitrogens is 1. The number of rotatable bonds is 6. The zero-order chi connectivity index (χ0) is 17.0. The Morgan fingerprint density at radius 2 is 2.00 bits per heavy atom. The number of unbranched alkanes of at least 4 members (excludes halogenated alkanes) is 1. The van der Waals surface area contributed by atoms with E-state index in [1.165, 1.54) is 0 Å². The lowest BCUT2D eigenvalue weighted by Crippen LogP contribution is -2.18. The standard InChI is InChI=1S/C12H16F3N3O3S/c1-3-4-5-10(19)17-9-6-8(12(13,14)15)7-16-11(9)18-22(2,20)21/h6-7H,3-5H2,1-2H3,(H,16,18)(H,17,19). The maximum atomic E-state index is 12.7. The molecule has 0 fully saturated rings. The summed E-state index contributed by atoms with van der Waals surface area (Å²) in [4.78, 5) is 15.1. The highest BCUT2D eigenvalue weighted by Gasteiger charge is 2.32. The third kappa shape index (κ3) is 5.88. The third-order valence-electron chi connectivity index (χ3n) is 2.53. The number of nitrogens with one attached hydrogen (secondary N) is 2. The molecule has 0 bridgehead atoms. The van der Waals surface area contributed by atoms with Gasteiger partial charge in [-0.15, -0.1) is 0 Å². The number of sulfonamides is 1. The Hall–Kier alpha value is -1.84. The average molecular weight is 339 g/mol. The summed E-state index contributed by atoms with van der Waals surface area (Å²) in [6.07, 6.45) is -1.91. The predicted octanol–water partition coefficient (Wildman–Crippen LogP) is 2.60. The van der Waals surface area contributed by atoms with Crippen LogP contribution in [0.4, 0.5) is 24.7 Å². The van der Waals surface area contributed by atoms with Gasteiger partial charge in [0.15, 0.2) is 5.82 Å². The van der Waals surface area contributed by atoms with Crippen molar-refractivity contribution in [2.24, 2.45) is 0 Å². The Labute approximate surface area is 126 Å². The maximum absolute atomic E-state index is 12.7. The molecule has 6 nitrogen and oxygen atoms in total. The summed E-state index contributed by atoms with van der Waals surface area (Å²) in [5.74, 6) is -0.875. The van der Waals surface area contributed by atoms with Crippen LogP contribution in [0.15, 0.2) is 12.3 Å². The Kier molecular flexibility index (Phi) is 5.75. The molecule has 124 valence electrons. The number of anilines is 2.